The Labute approximate surface area is 197 Å². The largest absolute Gasteiger partial charge is 0.493 e. The van der Waals surface area contributed by atoms with Crippen LogP contribution in [0.15, 0.2) is 47.4 Å². The van der Waals surface area contributed by atoms with E-state index in [0.717, 1.165) is 37.7 Å². The van der Waals surface area contributed by atoms with Crippen LogP contribution in [-0.2, 0) is 16.6 Å². The van der Waals surface area contributed by atoms with Crippen LogP contribution in [0.1, 0.15) is 54.9 Å². The number of hydrogen-bond donors (Lipinski definition) is 0. The molecule has 1 fully saturated rings. The molecule has 0 N–H and O–H groups in total. The number of amides is 1. The van der Waals surface area contributed by atoms with Gasteiger partial charge in [0.25, 0.3) is 5.91 Å². The van der Waals surface area contributed by atoms with Gasteiger partial charge in [0.2, 0.25) is 10.0 Å². The SMILES string of the molecule is CCN(Cc1ccc(OC)c(OC)c1)C(=O)c1cccc(S(=O)(=O)N(C)C2CCCCC2)c1. The topological polar surface area (TPSA) is 76.1 Å². The molecule has 8 heteroatoms. The first kappa shape index (κ1) is 25.1. The molecule has 2 aromatic carbocycles. The highest BCUT2D eigenvalue weighted by atomic mass is 32.2. The first-order valence-electron chi connectivity index (χ1n) is 11.4. The van der Waals surface area contributed by atoms with Gasteiger partial charge in [-0.3, -0.25) is 4.79 Å². The number of nitrogens with zero attached hydrogens (tertiary/aromatic N) is 2. The number of rotatable bonds is 9. The third-order valence-electron chi connectivity index (χ3n) is 6.34. The number of carbonyl (C=O) groups excluding carboxylic acids is 1. The van der Waals surface area contributed by atoms with E-state index in [1.54, 1.807) is 50.4 Å². The average molecular weight is 475 g/mol. The first-order valence-corrected chi connectivity index (χ1v) is 12.8. The molecule has 0 bridgehead atoms. The molecule has 180 valence electrons. The summed E-state index contributed by atoms with van der Waals surface area (Å²) in [5.41, 5.74) is 1.25. The molecule has 0 unspecified atom stereocenters. The number of methoxy groups -OCH3 is 2. The highest BCUT2D eigenvalue weighted by molar-refractivity contribution is 7.89. The van der Waals surface area contributed by atoms with Crippen molar-refractivity contribution in [2.75, 3.05) is 27.8 Å². The molecule has 0 radical (unpaired) electrons. The average Bonchev–Trinajstić information content (AvgIpc) is 2.86. The van der Waals surface area contributed by atoms with Crippen molar-refractivity contribution < 1.29 is 22.7 Å². The molecular weight excluding hydrogens is 440 g/mol. The number of benzene rings is 2. The molecular formula is C25H34N2O5S. The van der Waals surface area contributed by atoms with E-state index in [0.29, 0.717) is 30.2 Å². The Morgan fingerprint density at radius 3 is 2.33 bits per heavy atom. The predicted octanol–water partition coefficient (Wildman–Crippen LogP) is 4.32. The van der Waals surface area contributed by atoms with Crippen LogP contribution >= 0.6 is 0 Å². The van der Waals surface area contributed by atoms with Crippen molar-refractivity contribution in [3.63, 3.8) is 0 Å². The number of ether oxygens (including phenoxy) is 2. The summed E-state index contributed by atoms with van der Waals surface area (Å²) in [6.07, 6.45) is 5.00. The van der Waals surface area contributed by atoms with Gasteiger partial charge in [0, 0.05) is 31.7 Å². The highest BCUT2D eigenvalue weighted by Crippen LogP contribution is 2.29. The van der Waals surface area contributed by atoms with Gasteiger partial charge in [-0.15, -0.1) is 0 Å². The standard InChI is InChI=1S/C25H34N2O5S/c1-5-27(18-19-14-15-23(31-3)24(16-19)32-4)25(28)20-10-9-13-22(17-20)33(29,30)26(2)21-11-7-6-8-12-21/h9-10,13-17,21H,5-8,11-12,18H2,1-4H3. The van der Waals surface area contributed by atoms with Crippen LogP contribution in [0.25, 0.3) is 0 Å². The van der Waals surface area contributed by atoms with Gasteiger partial charge in [0.1, 0.15) is 0 Å². The fraction of sp³-hybridized carbons (Fsp3) is 0.480. The van der Waals surface area contributed by atoms with Crippen molar-refractivity contribution in [1.29, 1.82) is 0 Å². The molecule has 2 aromatic rings. The van der Waals surface area contributed by atoms with Gasteiger partial charge in [-0.1, -0.05) is 31.4 Å². The lowest BCUT2D eigenvalue weighted by atomic mass is 9.96. The second-order valence-corrected chi connectivity index (χ2v) is 10.3. The zero-order valence-corrected chi connectivity index (χ0v) is 20.7. The fourth-order valence-corrected chi connectivity index (χ4v) is 5.77. The molecule has 1 aliphatic rings. The van der Waals surface area contributed by atoms with Crippen LogP contribution in [0.3, 0.4) is 0 Å². The Morgan fingerprint density at radius 2 is 1.70 bits per heavy atom. The van der Waals surface area contributed by atoms with Crippen molar-refractivity contribution in [3.8, 4) is 11.5 Å². The summed E-state index contributed by atoms with van der Waals surface area (Å²) in [4.78, 5) is 15.1. The maximum absolute atomic E-state index is 13.3. The van der Waals surface area contributed by atoms with E-state index in [4.69, 9.17) is 9.47 Å². The lowest BCUT2D eigenvalue weighted by Crippen LogP contribution is -2.38. The highest BCUT2D eigenvalue weighted by Gasteiger charge is 2.29. The Kier molecular flexibility index (Phi) is 8.37. The van der Waals surface area contributed by atoms with Crippen molar-refractivity contribution in [2.24, 2.45) is 0 Å². The molecule has 0 saturated heterocycles. The minimum Gasteiger partial charge on any atom is -0.493 e. The van der Waals surface area contributed by atoms with Crippen LogP contribution in [0, 0.1) is 0 Å². The molecule has 1 amide bonds. The van der Waals surface area contributed by atoms with E-state index in [2.05, 4.69) is 0 Å². The van der Waals surface area contributed by atoms with Crippen LogP contribution < -0.4 is 9.47 Å². The second-order valence-electron chi connectivity index (χ2n) is 8.35. The van der Waals surface area contributed by atoms with Gasteiger partial charge in [-0.2, -0.15) is 4.31 Å². The van der Waals surface area contributed by atoms with Gasteiger partial charge in [0.05, 0.1) is 19.1 Å². The summed E-state index contributed by atoms with van der Waals surface area (Å²) in [7, 11) is 1.12. The van der Waals surface area contributed by atoms with Gasteiger partial charge in [0.15, 0.2) is 11.5 Å². The van der Waals surface area contributed by atoms with Gasteiger partial charge in [-0.05, 0) is 55.7 Å². The quantitative estimate of drug-likeness (QED) is 0.541. The van der Waals surface area contributed by atoms with Crippen molar-refractivity contribution in [3.05, 3.63) is 53.6 Å². The summed E-state index contributed by atoms with van der Waals surface area (Å²) in [5, 5.41) is 0. The third kappa shape index (κ3) is 5.68. The summed E-state index contributed by atoms with van der Waals surface area (Å²) in [6, 6.07) is 11.9. The van der Waals surface area contributed by atoms with E-state index in [9.17, 15) is 13.2 Å². The Balaban J connectivity index is 1.81. The van der Waals surface area contributed by atoms with E-state index >= 15 is 0 Å². The molecule has 1 aliphatic carbocycles. The summed E-state index contributed by atoms with van der Waals surface area (Å²) in [5.74, 6) is 0.998. The molecule has 0 aliphatic heterocycles. The van der Waals surface area contributed by atoms with Crippen LogP contribution in [0.4, 0.5) is 0 Å². The maximum atomic E-state index is 13.3. The van der Waals surface area contributed by atoms with Crippen molar-refractivity contribution in [1.82, 2.24) is 9.21 Å². The zero-order chi connectivity index (χ0) is 24.0. The van der Waals surface area contributed by atoms with Crippen LogP contribution in [-0.4, -0.2) is 57.4 Å². The number of hydrogen-bond acceptors (Lipinski definition) is 5. The predicted molar refractivity (Wildman–Crippen MR) is 128 cm³/mol. The fourth-order valence-electron chi connectivity index (χ4n) is 4.31. The summed E-state index contributed by atoms with van der Waals surface area (Å²) in [6.45, 7) is 2.75. The molecule has 0 aromatic heterocycles. The van der Waals surface area contributed by atoms with Gasteiger partial charge in [-0.25, -0.2) is 8.42 Å². The lowest BCUT2D eigenvalue weighted by molar-refractivity contribution is 0.0752. The maximum Gasteiger partial charge on any atom is 0.254 e. The Morgan fingerprint density at radius 1 is 1.00 bits per heavy atom. The summed E-state index contributed by atoms with van der Waals surface area (Å²) < 4.78 is 38.6. The molecule has 7 nitrogen and oxygen atoms in total. The van der Waals surface area contributed by atoms with Gasteiger partial charge >= 0.3 is 0 Å². The van der Waals surface area contributed by atoms with E-state index in [1.807, 2.05) is 19.1 Å². The second kappa shape index (κ2) is 11.0. The van der Waals surface area contributed by atoms with E-state index in [1.165, 1.54) is 10.4 Å². The molecule has 1 saturated carbocycles. The van der Waals surface area contributed by atoms with Crippen molar-refractivity contribution in [2.45, 2.75) is 56.5 Å². The van der Waals surface area contributed by atoms with Crippen molar-refractivity contribution >= 4 is 15.9 Å². The Bertz CT molecular complexity index is 1060. The van der Waals surface area contributed by atoms with E-state index < -0.39 is 10.0 Å². The molecule has 0 atom stereocenters. The zero-order valence-electron chi connectivity index (χ0n) is 19.9. The number of sulfonamides is 1. The van der Waals surface area contributed by atoms with Crippen LogP contribution in [0.2, 0.25) is 0 Å². The molecule has 0 heterocycles. The molecule has 3 rings (SSSR count). The van der Waals surface area contributed by atoms with Gasteiger partial charge < -0.3 is 14.4 Å². The smallest absolute Gasteiger partial charge is 0.254 e. The molecule has 0 spiro atoms. The summed E-state index contributed by atoms with van der Waals surface area (Å²) >= 11 is 0. The Hall–Kier alpha value is -2.58. The minimum atomic E-state index is -3.67. The monoisotopic (exact) mass is 474 g/mol. The number of carbonyl (C=O) groups is 1. The lowest BCUT2D eigenvalue weighted by Gasteiger charge is -2.30. The normalized spacial score (nSPS) is 14.8. The van der Waals surface area contributed by atoms with E-state index in [-0.39, 0.29) is 16.8 Å². The third-order valence-corrected chi connectivity index (χ3v) is 8.24. The minimum absolute atomic E-state index is 0.0142. The first-order chi connectivity index (χ1) is 15.8. The van der Waals surface area contributed by atoms with Crippen LogP contribution in [0.5, 0.6) is 11.5 Å². The molecule has 33 heavy (non-hydrogen) atoms.